The summed E-state index contributed by atoms with van der Waals surface area (Å²) >= 11 is 0. The quantitative estimate of drug-likeness (QED) is 0.676. The molecule has 0 radical (unpaired) electrons. The fourth-order valence-corrected chi connectivity index (χ4v) is 1.84. The van der Waals surface area contributed by atoms with Crippen LogP contribution in [-0.4, -0.2) is 24.3 Å². The van der Waals surface area contributed by atoms with Gasteiger partial charge in [-0.05, 0) is 33.6 Å². The zero-order chi connectivity index (χ0) is 12.0. The minimum Gasteiger partial charge on any atom is -0.350 e. The maximum Gasteiger partial charge on any atom is 0.163 e. The first kappa shape index (κ1) is 13.4. The van der Waals surface area contributed by atoms with Crippen LogP contribution in [0.15, 0.2) is 12.2 Å². The zero-order valence-corrected chi connectivity index (χ0v) is 10.5. The third-order valence-electron chi connectivity index (χ3n) is 2.62. The van der Waals surface area contributed by atoms with Gasteiger partial charge in [-0.1, -0.05) is 12.2 Å². The van der Waals surface area contributed by atoms with E-state index in [0.717, 1.165) is 12.8 Å². The summed E-state index contributed by atoms with van der Waals surface area (Å²) in [5.74, 6) is -0.257. The summed E-state index contributed by atoms with van der Waals surface area (Å²) in [5, 5.41) is 0. The van der Waals surface area contributed by atoms with E-state index in [-0.39, 0.29) is 11.9 Å². The molecule has 0 bridgehead atoms. The molecule has 92 valence electrons. The third-order valence-corrected chi connectivity index (χ3v) is 2.62. The van der Waals surface area contributed by atoms with Gasteiger partial charge >= 0.3 is 0 Å². The SMILES string of the molecule is C/C=C/CCC(=O)C[C@H]1CCOC(C)(C)O1. The summed E-state index contributed by atoms with van der Waals surface area (Å²) in [6, 6.07) is 0. The second-order valence-electron chi connectivity index (χ2n) is 4.63. The summed E-state index contributed by atoms with van der Waals surface area (Å²) in [6.07, 6.45) is 6.81. The van der Waals surface area contributed by atoms with Crippen molar-refractivity contribution in [2.75, 3.05) is 6.61 Å². The monoisotopic (exact) mass is 226 g/mol. The molecule has 16 heavy (non-hydrogen) atoms. The van der Waals surface area contributed by atoms with Crippen molar-refractivity contribution in [2.45, 2.75) is 58.3 Å². The Bertz CT molecular complexity index is 256. The number of hydrogen-bond donors (Lipinski definition) is 0. The van der Waals surface area contributed by atoms with Gasteiger partial charge in [0.15, 0.2) is 5.79 Å². The molecular formula is C13H22O3. The third kappa shape index (κ3) is 4.90. The van der Waals surface area contributed by atoms with Crippen molar-refractivity contribution in [3.63, 3.8) is 0 Å². The number of ketones is 1. The predicted molar refractivity (Wildman–Crippen MR) is 63.2 cm³/mol. The molecule has 1 heterocycles. The fraction of sp³-hybridized carbons (Fsp3) is 0.769. The first-order valence-corrected chi connectivity index (χ1v) is 5.98. The van der Waals surface area contributed by atoms with Crippen molar-refractivity contribution < 1.29 is 14.3 Å². The first-order valence-electron chi connectivity index (χ1n) is 5.98. The van der Waals surface area contributed by atoms with Gasteiger partial charge in [0.25, 0.3) is 0 Å². The summed E-state index contributed by atoms with van der Waals surface area (Å²) in [5.41, 5.74) is 0. The van der Waals surface area contributed by atoms with Gasteiger partial charge in [0.2, 0.25) is 0 Å². The van der Waals surface area contributed by atoms with E-state index in [1.807, 2.05) is 32.9 Å². The van der Waals surface area contributed by atoms with Crippen molar-refractivity contribution in [1.82, 2.24) is 0 Å². The van der Waals surface area contributed by atoms with E-state index in [1.54, 1.807) is 0 Å². The molecule has 0 aromatic rings. The molecule has 0 aromatic heterocycles. The zero-order valence-electron chi connectivity index (χ0n) is 10.5. The van der Waals surface area contributed by atoms with E-state index in [2.05, 4.69) is 0 Å². The normalized spacial score (nSPS) is 24.8. The Morgan fingerprint density at radius 2 is 2.25 bits per heavy atom. The average Bonchev–Trinajstić information content (AvgIpc) is 2.16. The van der Waals surface area contributed by atoms with E-state index in [9.17, 15) is 4.79 Å². The van der Waals surface area contributed by atoms with Crippen molar-refractivity contribution in [3.05, 3.63) is 12.2 Å². The second-order valence-corrected chi connectivity index (χ2v) is 4.63. The van der Waals surface area contributed by atoms with Crippen LogP contribution in [0.5, 0.6) is 0 Å². The Morgan fingerprint density at radius 1 is 1.50 bits per heavy atom. The highest BCUT2D eigenvalue weighted by atomic mass is 16.7. The van der Waals surface area contributed by atoms with Gasteiger partial charge in [-0.3, -0.25) is 4.79 Å². The van der Waals surface area contributed by atoms with E-state index in [1.165, 1.54) is 0 Å². The van der Waals surface area contributed by atoms with Crippen LogP contribution in [-0.2, 0) is 14.3 Å². The van der Waals surface area contributed by atoms with Gasteiger partial charge in [0.1, 0.15) is 5.78 Å². The van der Waals surface area contributed by atoms with Crippen molar-refractivity contribution in [1.29, 1.82) is 0 Å². The van der Waals surface area contributed by atoms with Crippen LogP contribution >= 0.6 is 0 Å². The largest absolute Gasteiger partial charge is 0.350 e. The van der Waals surface area contributed by atoms with Crippen LogP contribution in [0.3, 0.4) is 0 Å². The first-order chi connectivity index (χ1) is 7.53. The van der Waals surface area contributed by atoms with Crippen molar-refractivity contribution >= 4 is 5.78 Å². The molecule has 1 aliphatic rings. The van der Waals surface area contributed by atoms with Crippen LogP contribution in [0.1, 0.15) is 46.5 Å². The molecule has 1 atom stereocenters. The van der Waals surface area contributed by atoms with E-state index < -0.39 is 5.79 Å². The van der Waals surface area contributed by atoms with Crippen molar-refractivity contribution in [3.8, 4) is 0 Å². The molecule has 0 aliphatic carbocycles. The number of Topliss-reactive ketones (excluding diaryl/α,β-unsaturated/α-hetero) is 1. The average molecular weight is 226 g/mol. The van der Waals surface area contributed by atoms with Gasteiger partial charge in [-0.25, -0.2) is 0 Å². The molecule has 0 amide bonds. The highest BCUT2D eigenvalue weighted by Crippen LogP contribution is 2.24. The number of rotatable bonds is 5. The lowest BCUT2D eigenvalue weighted by Crippen LogP contribution is -2.40. The standard InChI is InChI=1S/C13H22O3/c1-4-5-6-7-11(14)10-12-8-9-15-13(2,3)16-12/h4-5,12H,6-10H2,1-3H3/b5-4+/t12-/m1/s1. The summed E-state index contributed by atoms with van der Waals surface area (Å²) in [4.78, 5) is 11.6. The summed E-state index contributed by atoms with van der Waals surface area (Å²) in [7, 11) is 0. The Balaban J connectivity index is 2.28. The van der Waals surface area contributed by atoms with Gasteiger partial charge < -0.3 is 9.47 Å². The van der Waals surface area contributed by atoms with E-state index in [0.29, 0.717) is 19.4 Å². The lowest BCUT2D eigenvalue weighted by molar-refractivity contribution is -0.272. The van der Waals surface area contributed by atoms with Crippen LogP contribution in [0, 0.1) is 0 Å². The van der Waals surface area contributed by atoms with Crippen LogP contribution < -0.4 is 0 Å². The van der Waals surface area contributed by atoms with Crippen LogP contribution in [0.25, 0.3) is 0 Å². The fourth-order valence-electron chi connectivity index (χ4n) is 1.84. The van der Waals surface area contributed by atoms with Gasteiger partial charge in [-0.2, -0.15) is 0 Å². The molecular weight excluding hydrogens is 204 g/mol. The Kier molecular flexibility index (Phi) is 5.16. The van der Waals surface area contributed by atoms with Crippen LogP contribution in [0.4, 0.5) is 0 Å². The highest BCUT2D eigenvalue weighted by molar-refractivity contribution is 5.79. The maximum atomic E-state index is 11.6. The van der Waals surface area contributed by atoms with Gasteiger partial charge in [-0.15, -0.1) is 0 Å². The number of ether oxygens (including phenoxy) is 2. The highest BCUT2D eigenvalue weighted by Gasteiger charge is 2.30. The Hall–Kier alpha value is -0.670. The molecule has 1 aliphatic heterocycles. The van der Waals surface area contributed by atoms with E-state index in [4.69, 9.17) is 9.47 Å². The molecule has 1 rings (SSSR count). The minimum absolute atomic E-state index is 0.0295. The molecule has 0 spiro atoms. The summed E-state index contributed by atoms with van der Waals surface area (Å²) < 4.78 is 11.1. The topological polar surface area (TPSA) is 35.5 Å². The minimum atomic E-state index is -0.535. The van der Waals surface area contributed by atoms with Crippen LogP contribution in [0.2, 0.25) is 0 Å². The molecule has 1 fully saturated rings. The summed E-state index contributed by atoms with van der Waals surface area (Å²) in [6.45, 7) is 6.43. The lowest BCUT2D eigenvalue weighted by atomic mass is 10.1. The molecule has 3 nitrogen and oxygen atoms in total. The smallest absolute Gasteiger partial charge is 0.163 e. The second kappa shape index (κ2) is 6.16. The van der Waals surface area contributed by atoms with E-state index >= 15 is 0 Å². The van der Waals surface area contributed by atoms with Crippen molar-refractivity contribution in [2.24, 2.45) is 0 Å². The molecule has 0 saturated carbocycles. The van der Waals surface area contributed by atoms with Gasteiger partial charge in [0, 0.05) is 12.8 Å². The number of hydrogen-bond acceptors (Lipinski definition) is 3. The molecule has 3 heteroatoms. The molecule has 1 saturated heterocycles. The van der Waals surface area contributed by atoms with Gasteiger partial charge in [0.05, 0.1) is 12.7 Å². The lowest BCUT2D eigenvalue weighted by Gasteiger charge is -2.35. The maximum absolute atomic E-state index is 11.6. The number of carbonyl (C=O) groups is 1. The predicted octanol–water partition coefficient (Wildman–Crippen LogP) is 2.84. The molecule has 0 N–H and O–H groups in total. The Labute approximate surface area is 97.8 Å². The number of allylic oxidation sites excluding steroid dienone is 2. The number of carbonyl (C=O) groups excluding carboxylic acids is 1. The molecule has 0 unspecified atom stereocenters. The molecule has 0 aromatic carbocycles. The Morgan fingerprint density at radius 3 is 2.88 bits per heavy atom.